The van der Waals surface area contributed by atoms with Crippen molar-refractivity contribution in [2.75, 3.05) is 13.2 Å². The van der Waals surface area contributed by atoms with Crippen LogP contribution in [0.15, 0.2) is 42.5 Å². The highest BCUT2D eigenvalue weighted by molar-refractivity contribution is 6.31. The van der Waals surface area contributed by atoms with Gasteiger partial charge >= 0.3 is 0 Å². The summed E-state index contributed by atoms with van der Waals surface area (Å²) in [6.45, 7) is 1.06. The van der Waals surface area contributed by atoms with Gasteiger partial charge in [-0.3, -0.25) is 9.59 Å². The Kier molecular flexibility index (Phi) is 7.80. The molecule has 1 aliphatic heterocycles. The van der Waals surface area contributed by atoms with E-state index in [2.05, 4.69) is 10.2 Å². The second kappa shape index (κ2) is 11.3. The van der Waals surface area contributed by atoms with E-state index < -0.39 is 0 Å². The van der Waals surface area contributed by atoms with Crippen molar-refractivity contribution < 1.29 is 19.4 Å². The Morgan fingerprint density at radius 2 is 1.74 bits per heavy atom. The van der Waals surface area contributed by atoms with Gasteiger partial charge in [-0.1, -0.05) is 41.4 Å². The van der Waals surface area contributed by atoms with E-state index in [-0.39, 0.29) is 36.5 Å². The fourth-order valence-electron chi connectivity index (χ4n) is 7.91. The second-order valence-corrected chi connectivity index (χ2v) is 12.9. The molecule has 4 aliphatic rings. The summed E-state index contributed by atoms with van der Waals surface area (Å²) >= 11 is 12.6. The number of nitrogens with zero attached hydrogens (tertiary/aromatic N) is 1. The first-order valence-corrected chi connectivity index (χ1v) is 15.0. The third-order valence-corrected chi connectivity index (χ3v) is 10.1. The van der Waals surface area contributed by atoms with Crippen molar-refractivity contribution in [3.8, 4) is 5.75 Å². The fraction of sp³-hybridized carbons (Fsp3) is 0.548. The summed E-state index contributed by atoms with van der Waals surface area (Å²) in [5.74, 6) is 2.87. The molecule has 3 bridgehead atoms. The van der Waals surface area contributed by atoms with Gasteiger partial charge < -0.3 is 20.1 Å². The normalized spacial score (nSPS) is 31.4. The first-order valence-electron chi connectivity index (χ1n) is 14.2. The summed E-state index contributed by atoms with van der Waals surface area (Å²) in [6, 6.07) is 13.1. The number of benzene rings is 2. The molecule has 1 saturated heterocycles. The van der Waals surface area contributed by atoms with Crippen molar-refractivity contribution in [2.24, 2.45) is 29.6 Å². The number of carbonyl (C=O) groups is 2. The van der Waals surface area contributed by atoms with Crippen molar-refractivity contribution in [1.29, 1.82) is 0 Å². The monoisotopic (exact) mass is 570 g/mol. The van der Waals surface area contributed by atoms with E-state index in [0.717, 1.165) is 42.9 Å². The standard InChI is InChI=1S/C31H36Cl2N2O4/c32-25-3-1-2-18(8-25)16-34-29(37)17-39-27-5-4-19(28(33)15-27)9-20-6-7-35(31(20)38)30-23-10-21-11-24(30)14-26(36)13-22(21)12-23/h1-5,8,15,20-24,26,30,36H,6-7,9-14,16-17H2,(H,34,37). The van der Waals surface area contributed by atoms with Crippen LogP contribution in [0, 0.1) is 29.6 Å². The van der Waals surface area contributed by atoms with Gasteiger partial charge in [-0.05, 0) is 104 Å². The second-order valence-electron chi connectivity index (χ2n) is 12.0. The zero-order valence-electron chi connectivity index (χ0n) is 22.0. The average molecular weight is 572 g/mol. The van der Waals surface area contributed by atoms with E-state index in [9.17, 15) is 14.7 Å². The number of nitrogens with one attached hydrogen (secondary N) is 1. The molecule has 2 N–H and O–H groups in total. The molecule has 4 fully saturated rings. The maximum absolute atomic E-state index is 13.6. The van der Waals surface area contributed by atoms with E-state index >= 15 is 0 Å². The summed E-state index contributed by atoms with van der Waals surface area (Å²) in [5.41, 5.74) is 1.84. The maximum atomic E-state index is 13.6. The Morgan fingerprint density at radius 3 is 2.51 bits per heavy atom. The maximum Gasteiger partial charge on any atom is 0.258 e. The number of aliphatic hydroxyl groups is 1. The molecule has 2 amide bonds. The Bertz CT molecular complexity index is 1240. The predicted molar refractivity (Wildman–Crippen MR) is 151 cm³/mol. The molecule has 0 spiro atoms. The molecule has 2 aromatic rings. The van der Waals surface area contributed by atoms with Gasteiger partial charge in [-0.15, -0.1) is 0 Å². The van der Waals surface area contributed by atoms with Gasteiger partial charge in [-0.2, -0.15) is 0 Å². The van der Waals surface area contributed by atoms with Crippen molar-refractivity contribution in [2.45, 2.75) is 63.6 Å². The van der Waals surface area contributed by atoms with E-state index in [0.29, 0.717) is 46.5 Å². The number of hydrogen-bond donors (Lipinski definition) is 2. The smallest absolute Gasteiger partial charge is 0.258 e. The quantitative estimate of drug-likeness (QED) is 0.453. The van der Waals surface area contributed by atoms with Gasteiger partial charge in [0.15, 0.2) is 6.61 Å². The molecule has 2 aromatic carbocycles. The van der Waals surface area contributed by atoms with Gasteiger partial charge in [0.2, 0.25) is 5.91 Å². The van der Waals surface area contributed by atoms with Crippen LogP contribution in [-0.4, -0.2) is 47.1 Å². The number of rotatable bonds is 8. The molecular formula is C31H36Cl2N2O4. The number of aliphatic hydroxyl groups excluding tert-OH is 1. The summed E-state index contributed by atoms with van der Waals surface area (Å²) in [5, 5.41) is 14.6. The van der Waals surface area contributed by atoms with Crippen LogP contribution in [0.4, 0.5) is 0 Å². The van der Waals surface area contributed by atoms with Gasteiger partial charge in [-0.25, -0.2) is 0 Å². The summed E-state index contributed by atoms with van der Waals surface area (Å²) in [4.78, 5) is 28.0. The number of ether oxygens (including phenoxy) is 1. The minimum absolute atomic E-state index is 0.0741. The van der Waals surface area contributed by atoms with Crippen LogP contribution in [0.3, 0.4) is 0 Å². The summed E-state index contributed by atoms with van der Waals surface area (Å²) < 4.78 is 5.66. The van der Waals surface area contributed by atoms with Gasteiger partial charge in [0.25, 0.3) is 5.91 Å². The minimum atomic E-state index is -0.236. The molecule has 208 valence electrons. The highest BCUT2D eigenvalue weighted by Gasteiger charge is 2.53. The zero-order chi connectivity index (χ0) is 27.1. The Hall–Kier alpha value is -2.28. The van der Waals surface area contributed by atoms with E-state index in [1.165, 1.54) is 19.3 Å². The molecule has 39 heavy (non-hydrogen) atoms. The van der Waals surface area contributed by atoms with Gasteiger partial charge in [0.05, 0.1) is 6.10 Å². The van der Waals surface area contributed by atoms with E-state index in [1.807, 2.05) is 30.3 Å². The fourth-order valence-corrected chi connectivity index (χ4v) is 8.37. The third kappa shape index (κ3) is 5.79. The highest BCUT2D eigenvalue weighted by atomic mass is 35.5. The van der Waals surface area contributed by atoms with Crippen LogP contribution in [0.25, 0.3) is 0 Å². The van der Waals surface area contributed by atoms with Crippen LogP contribution in [-0.2, 0) is 22.6 Å². The molecule has 7 unspecified atom stereocenters. The predicted octanol–water partition coefficient (Wildman–Crippen LogP) is 5.27. The molecule has 3 saturated carbocycles. The van der Waals surface area contributed by atoms with Crippen LogP contribution >= 0.6 is 23.2 Å². The largest absolute Gasteiger partial charge is 0.484 e. The SMILES string of the molecule is O=C(COc1ccc(CC2CCN(C3C4CC(O)CC5CC3CC5C4)C2=O)c(Cl)c1)NCc1cccc(Cl)c1. The summed E-state index contributed by atoms with van der Waals surface area (Å²) in [7, 11) is 0. The minimum Gasteiger partial charge on any atom is -0.484 e. The molecule has 0 radical (unpaired) electrons. The van der Waals surface area contributed by atoms with Crippen molar-refractivity contribution in [1.82, 2.24) is 10.2 Å². The van der Waals surface area contributed by atoms with Crippen molar-refractivity contribution >= 4 is 35.0 Å². The lowest BCUT2D eigenvalue weighted by Crippen LogP contribution is -2.49. The Labute approximate surface area is 240 Å². The first-order chi connectivity index (χ1) is 18.8. The number of halogens is 2. The number of amides is 2. The lowest BCUT2D eigenvalue weighted by molar-refractivity contribution is -0.136. The topological polar surface area (TPSA) is 78.9 Å². The van der Waals surface area contributed by atoms with Gasteiger partial charge in [0.1, 0.15) is 5.75 Å². The van der Waals surface area contributed by atoms with Crippen molar-refractivity contribution in [3.05, 3.63) is 63.6 Å². The van der Waals surface area contributed by atoms with Crippen LogP contribution < -0.4 is 10.1 Å². The number of likely N-dealkylation sites (tertiary alicyclic amines) is 1. The van der Waals surface area contributed by atoms with E-state index in [1.54, 1.807) is 12.1 Å². The molecule has 7 atom stereocenters. The van der Waals surface area contributed by atoms with Crippen molar-refractivity contribution in [3.63, 3.8) is 0 Å². The first kappa shape index (κ1) is 26.9. The molecule has 1 heterocycles. The average Bonchev–Trinajstić information content (AvgIpc) is 3.38. The van der Waals surface area contributed by atoms with Crippen LogP contribution in [0.1, 0.15) is 49.7 Å². The molecule has 8 heteroatoms. The number of carbonyl (C=O) groups excluding carboxylic acids is 2. The highest BCUT2D eigenvalue weighted by Crippen LogP contribution is 2.55. The molecule has 3 aliphatic carbocycles. The molecular weight excluding hydrogens is 535 g/mol. The van der Waals surface area contributed by atoms with Crippen LogP contribution in [0.2, 0.25) is 10.0 Å². The van der Waals surface area contributed by atoms with E-state index in [4.69, 9.17) is 27.9 Å². The molecule has 6 rings (SSSR count). The zero-order valence-corrected chi connectivity index (χ0v) is 23.5. The molecule has 6 nitrogen and oxygen atoms in total. The lowest BCUT2D eigenvalue weighted by atomic mass is 9.74. The number of hydrogen-bond acceptors (Lipinski definition) is 4. The third-order valence-electron chi connectivity index (χ3n) is 9.55. The number of fused-ring (bicyclic) bond motifs is 2. The van der Waals surface area contributed by atoms with Gasteiger partial charge in [0, 0.05) is 35.1 Å². The summed E-state index contributed by atoms with van der Waals surface area (Å²) in [6.07, 6.45) is 6.58. The molecule has 0 aromatic heterocycles. The lowest BCUT2D eigenvalue weighted by Gasteiger charge is -2.42. The Morgan fingerprint density at radius 1 is 1.00 bits per heavy atom. The Balaban J connectivity index is 1.02. The van der Waals surface area contributed by atoms with Crippen LogP contribution in [0.5, 0.6) is 5.75 Å².